The molecule has 0 aromatic carbocycles. The van der Waals surface area contributed by atoms with E-state index in [0.717, 1.165) is 17.0 Å². The lowest BCUT2D eigenvalue weighted by atomic mass is 9.98. The van der Waals surface area contributed by atoms with Gasteiger partial charge in [0.25, 0.3) is 0 Å². The Hall–Kier alpha value is -2.64. The molecular formula is C14H19N5O3. The van der Waals surface area contributed by atoms with Crippen LogP contribution in [0, 0.1) is 13.8 Å². The fourth-order valence-corrected chi connectivity index (χ4v) is 2.44. The second-order valence-corrected chi connectivity index (χ2v) is 5.21. The van der Waals surface area contributed by atoms with Crippen LogP contribution in [-0.4, -0.2) is 36.5 Å². The van der Waals surface area contributed by atoms with E-state index in [1.807, 2.05) is 20.9 Å². The van der Waals surface area contributed by atoms with Gasteiger partial charge >= 0.3 is 5.97 Å². The maximum Gasteiger partial charge on any atom is 0.325 e. The number of rotatable bonds is 5. The van der Waals surface area contributed by atoms with E-state index in [1.165, 1.54) is 10.9 Å². The molecule has 8 nitrogen and oxygen atoms in total. The second-order valence-electron chi connectivity index (χ2n) is 5.21. The summed E-state index contributed by atoms with van der Waals surface area (Å²) in [6.45, 7) is 5.35. The minimum absolute atomic E-state index is 0.209. The average Bonchev–Trinajstić information content (AvgIpc) is 2.94. The van der Waals surface area contributed by atoms with E-state index in [2.05, 4.69) is 15.5 Å². The van der Waals surface area contributed by atoms with Crippen molar-refractivity contribution in [1.82, 2.24) is 19.6 Å². The lowest BCUT2D eigenvalue weighted by Crippen LogP contribution is -2.20. The van der Waals surface area contributed by atoms with Crippen molar-refractivity contribution < 1.29 is 14.7 Å². The van der Waals surface area contributed by atoms with E-state index in [9.17, 15) is 9.59 Å². The summed E-state index contributed by atoms with van der Waals surface area (Å²) in [7, 11) is 1.84. The lowest BCUT2D eigenvalue weighted by molar-refractivity contribution is -0.137. The normalized spacial score (nSPS) is 12.2. The number of anilines is 1. The van der Waals surface area contributed by atoms with E-state index in [0.29, 0.717) is 5.82 Å². The van der Waals surface area contributed by atoms with Crippen LogP contribution in [0.15, 0.2) is 12.3 Å². The molecule has 8 heteroatoms. The molecule has 2 heterocycles. The van der Waals surface area contributed by atoms with Crippen molar-refractivity contribution in [2.45, 2.75) is 33.2 Å². The number of carbonyl (C=O) groups excluding carboxylic acids is 1. The molecule has 0 aliphatic rings. The zero-order valence-corrected chi connectivity index (χ0v) is 13.0. The molecule has 0 aliphatic carbocycles. The van der Waals surface area contributed by atoms with Crippen LogP contribution in [-0.2, 0) is 23.2 Å². The van der Waals surface area contributed by atoms with Crippen molar-refractivity contribution in [1.29, 1.82) is 0 Å². The molecule has 1 unspecified atom stereocenters. The number of carbonyl (C=O) groups is 2. The van der Waals surface area contributed by atoms with Crippen LogP contribution >= 0.6 is 0 Å². The van der Waals surface area contributed by atoms with Gasteiger partial charge in [-0.3, -0.25) is 19.0 Å². The highest BCUT2D eigenvalue weighted by molar-refractivity contribution is 5.95. The van der Waals surface area contributed by atoms with E-state index >= 15 is 0 Å². The van der Waals surface area contributed by atoms with Gasteiger partial charge in [-0.15, -0.1) is 0 Å². The zero-order valence-electron chi connectivity index (χ0n) is 13.0. The minimum atomic E-state index is -0.990. The van der Waals surface area contributed by atoms with Gasteiger partial charge in [0.05, 0.1) is 11.6 Å². The summed E-state index contributed by atoms with van der Waals surface area (Å²) in [5, 5.41) is 19.7. The van der Waals surface area contributed by atoms with Crippen molar-refractivity contribution in [2.24, 2.45) is 7.05 Å². The third-order valence-electron chi connectivity index (χ3n) is 3.58. The van der Waals surface area contributed by atoms with Crippen molar-refractivity contribution in [3.05, 3.63) is 29.2 Å². The molecule has 0 fully saturated rings. The smallest absolute Gasteiger partial charge is 0.325 e. The van der Waals surface area contributed by atoms with Gasteiger partial charge in [-0.1, -0.05) is 0 Å². The van der Waals surface area contributed by atoms with Gasteiger partial charge < -0.3 is 10.4 Å². The van der Waals surface area contributed by atoms with Crippen LogP contribution in [0.1, 0.15) is 29.8 Å². The van der Waals surface area contributed by atoms with Crippen LogP contribution in [0.2, 0.25) is 0 Å². The number of nitrogens with zero attached hydrogens (tertiary/aromatic N) is 4. The molecule has 0 bridgehead atoms. The molecule has 0 radical (unpaired) electrons. The van der Waals surface area contributed by atoms with E-state index in [4.69, 9.17) is 5.11 Å². The highest BCUT2D eigenvalue weighted by Gasteiger charge is 2.23. The summed E-state index contributed by atoms with van der Waals surface area (Å²) in [5.41, 5.74) is 2.65. The number of aryl methyl sites for hydroxylation is 2. The highest BCUT2D eigenvalue weighted by Crippen LogP contribution is 2.23. The van der Waals surface area contributed by atoms with Gasteiger partial charge in [-0.05, 0) is 20.8 Å². The van der Waals surface area contributed by atoms with Gasteiger partial charge in [0.15, 0.2) is 5.82 Å². The Morgan fingerprint density at radius 2 is 2.05 bits per heavy atom. The summed E-state index contributed by atoms with van der Waals surface area (Å²) in [6.07, 6.45) is 1.51. The van der Waals surface area contributed by atoms with E-state index in [-0.39, 0.29) is 18.4 Å². The first kappa shape index (κ1) is 15.7. The predicted molar refractivity (Wildman–Crippen MR) is 79.6 cm³/mol. The molecule has 0 aliphatic heterocycles. The molecule has 2 N–H and O–H groups in total. The fourth-order valence-electron chi connectivity index (χ4n) is 2.44. The number of amides is 1. The van der Waals surface area contributed by atoms with Gasteiger partial charge in [0.2, 0.25) is 5.91 Å². The number of hydrogen-bond donors (Lipinski definition) is 2. The standard InChI is InChI=1S/C14H19N5O3/c1-8(13-9(2)16-18(4)10(13)3)14(22)15-11-5-6-19(17-11)7-12(20)21/h5-6,8H,7H2,1-4H3,(H,20,21)(H,15,17,22). The number of aliphatic carboxylic acids is 1. The first-order chi connectivity index (χ1) is 10.3. The maximum atomic E-state index is 12.3. The third kappa shape index (κ3) is 3.16. The molecule has 22 heavy (non-hydrogen) atoms. The Kier molecular flexibility index (Phi) is 4.30. The van der Waals surface area contributed by atoms with E-state index < -0.39 is 5.97 Å². The highest BCUT2D eigenvalue weighted by atomic mass is 16.4. The van der Waals surface area contributed by atoms with Gasteiger partial charge in [-0.2, -0.15) is 10.2 Å². The summed E-state index contributed by atoms with van der Waals surface area (Å²) >= 11 is 0. The van der Waals surface area contributed by atoms with Crippen LogP contribution in [0.3, 0.4) is 0 Å². The molecule has 0 saturated heterocycles. The molecule has 0 spiro atoms. The second kappa shape index (κ2) is 6.00. The summed E-state index contributed by atoms with van der Waals surface area (Å²) in [4.78, 5) is 23.0. The molecule has 2 aromatic rings. The molecular weight excluding hydrogens is 286 g/mol. The maximum absolute atomic E-state index is 12.3. The average molecular weight is 305 g/mol. The predicted octanol–water partition coefficient (Wildman–Crippen LogP) is 1.06. The van der Waals surface area contributed by atoms with Crippen molar-refractivity contribution in [3.63, 3.8) is 0 Å². The fraction of sp³-hybridized carbons (Fsp3) is 0.429. The molecule has 2 rings (SSSR count). The van der Waals surface area contributed by atoms with Crippen molar-refractivity contribution in [3.8, 4) is 0 Å². The molecule has 1 amide bonds. The Morgan fingerprint density at radius 3 is 2.59 bits per heavy atom. The number of hydrogen-bond acceptors (Lipinski definition) is 4. The Balaban J connectivity index is 2.11. The van der Waals surface area contributed by atoms with Crippen LogP contribution in [0.4, 0.5) is 5.82 Å². The van der Waals surface area contributed by atoms with Gasteiger partial charge in [0.1, 0.15) is 6.54 Å². The topological polar surface area (TPSA) is 102 Å². The lowest BCUT2D eigenvalue weighted by Gasteiger charge is -2.11. The number of carboxylic acids is 1. The third-order valence-corrected chi connectivity index (χ3v) is 3.58. The first-order valence-electron chi connectivity index (χ1n) is 6.85. The van der Waals surface area contributed by atoms with Crippen molar-refractivity contribution >= 4 is 17.7 Å². The molecule has 2 aromatic heterocycles. The molecule has 0 saturated carbocycles. The number of carboxylic acid groups (broad SMARTS) is 1. The largest absolute Gasteiger partial charge is 0.480 e. The quantitative estimate of drug-likeness (QED) is 0.860. The van der Waals surface area contributed by atoms with Gasteiger partial charge in [-0.25, -0.2) is 0 Å². The minimum Gasteiger partial charge on any atom is -0.480 e. The first-order valence-corrected chi connectivity index (χ1v) is 6.85. The number of nitrogens with one attached hydrogen (secondary N) is 1. The monoisotopic (exact) mass is 305 g/mol. The Labute approximate surface area is 127 Å². The van der Waals surface area contributed by atoms with E-state index in [1.54, 1.807) is 17.7 Å². The Morgan fingerprint density at radius 1 is 1.36 bits per heavy atom. The van der Waals surface area contributed by atoms with Crippen LogP contribution < -0.4 is 5.32 Å². The summed E-state index contributed by atoms with van der Waals surface area (Å²) in [6, 6.07) is 1.57. The SMILES string of the molecule is Cc1nn(C)c(C)c1C(C)C(=O)Nc1ccn(CC(=O)O)n1. The van der Waals surface area contributed by atoms with Crippen LogP contribution in [0.5, 0.6) is 0 Å². The molecule has 1 atom stereocenters. The summed E-state index contributed by atoms with van der Waals surface area (Å²) in [5.74, 6) is -1.24. The van der Waals surface area contributed by atoms with Crippen LogP contribution in [0.25, 0.3) is 0 Å². The molecule has 118 valence electrons. The van der Waals surface area contributed by atoms with Gasteiger partial charge in [0, 0.05) is 30.6 Å². The zero-order chi connectivity index (χ0) is 16.4. The Bertz CT molecular complexity index is 716. The number of aromatic nitrogens is 4. The van der Waals surface area contributed by atoms with Crippen molar-refractivity contribution in [2.75, 3.05) is 5.32 Å². The summed E-state index contributed by atoms with van der Waals surface area (Å²) < 4.78 is 3.00.